The van der Waals surface area contributed by atoms with Gasteiger partial charge in [-0.2, -0.15) is 16.9 Å². The molecule has 0 aliphatic heterocycles. The monoisotopic (exact) mass is 247 g/mol. The minimum atomic E-state index is 0.282. The van der Waals surface area contributed by atoms with Crippen LogP contribution in [0.25, 0.3) is 0 Å². The van der Waals surface area contributed by atoms with Gasteiger partial charge in [0.2, 0.25) is 0 Å². The van der Waals surface area contributed by atoms with E-state index in [9.17, 15) is 0 Å². The van der Waals surface area contributed by atoms with E-state index in [1.165, 1.54) is 0 Å². The van der Waals surface area contributed by atoms with Gasteiger partial charge < -0.3 is 5.32 Å². The number of nitrogens with zero attached hydrogens (tertiary/aromatic N) is 2. The van der Waals surface area contributed by atoms with E-state index in [4.69, 9.17) is 11.6 Å². The summed E-state index contributed by atoms with van der Waals surface area (Å²) in [5.41, 5.74) is 1.10. The molecule has 0 saturated carbocycles. The van der Waals surface area contributed by atoms with Gasteiger partial charge in [0.15, 0.2) is 0 Å². The predicted molar refractivity (Wildman–Crippen MR) is 67.7 cm³/mol. The predicted octanol–water partition coefficient (Wildman–Crippen LogP) is 2.57. The lowest BCUT2D eigenvalue weighted by Crippen LogP contribution is -2.22. The highest BCUT2D eigenvalue weighted by molar-refractivity contribution is 7.99. The summed E-state index contributed by atoms with van der Waals surface area (Å²) in [5, 5.41) is 8.29. The summed E-state index contributed by atoms with van der Waals surface area (Å²) in [6, 6.07) is 0.282. The van der Waals surface area contributed by atoms with Crippen molar-refractivity contribution in [1.29, 1.82) is 0 Å². The molecule has 1 atom stereocenters. The number of aromatic nitrogens is 2. The molecule has 0 radical (unpaired) electrons. The maximum absolute atomic E-state index is 6.14. The highest BCUT2D eigenvalue weighted by Crippen LogP contribution is 2.25. The molecular formula is C10H18ClN3S. The van der Waals surface area contributed by atoms with Crippen molar-refractivity contribution >= 4 is 23.4 Å². The zero-order chi connectivity index (χ0) is 11.3. The van der Waals surface area contributed by atoms with Crippen LogP contribution in [-0.2, 0) is 6.54 Å². The molecule has 1 rings (SSSR count). The van der Waals surface area contributed by atoms with Crippen LogP contribution < -0.4 is 5.32 Å². The van der Waals surface area contributed by atoms with Crippen molar-refractivity contribution in [3.8, 4) is 0 Å². The number of aryl methyl sites for hydroxylation is 1. The van der Waals surface area contributed by atoms with E-state index in [0.717, 1.165) is 28.8 Å². The minimum Gasteiger partial charge on any atom is -0.311 e. The number of hydrogen-bond donors (Lipinski definition) is 1. The molecule has 0 saturated heterocycles. The average Bonchev–Trinajstić information content (AvgIpc) is 2.62. The zero-order valence-corrected chi connectivity index (χ0v) is 11.0. The average molecular weight is 248 g/mol. The summed E-state index contributed by atoms with van der Waals surface area (Å²) >= 11 is 8.05. The molecule has 0 bridgehead atoms. The van der Waals surface area contributed by atoms with Crippen LogP contribution in [0.15, 0.2) is 6.20 Å². The lowest BCUT2D eigenvalue weighted by Gasteiger charge is -2.17. The Hall–Kier alpha value is -0.190. The molecule has 0 amide bonds. The van der Waals surface area contributed by atoms with Crippen LogP contribution in [-0.4, -0.2) is 28.3 Å². The summed E-state index contributed by atoms with van der Waals surface area (Å²) < 4.78 is 1.96. The largest absolute Gasteiger partial charge is 0.311 e. The maximum Gasteiger partial charge on any atom is 0.0834 e. The molecule has 0 aliphatic carbocycles. The topological polar surface area (TPSA) is 29.9 Å². The van der Waals surface area contributed by atoms with Gasteiger partial charge in [-0.05, 0) is 19.7 Å². The Morgan fingerprint density at radius 2 is 2.33 bits per heavy atom. The lowest BCUT2D eigenvalue weighted by atomic mass is 10.2. The van der Waals surface area contributed by atoms with Crippen molar-refractivity contribution in [2.45, 2.75) is 26.4 Å². The first-order valence-electron chi connectivity index (χ1n) is 5.20. The van der Waals surface area contributed by atoms with Gasteiger partial charge in [-0.3, -0.25) is 4.68 Å². The smallest absolute Gasteiger partial charge is 0.0834 e. The quantitative estimate of drug-likeness (QED) is 0.838. The van der Waals surface area contributed by atoms with Gasteiger partial charge in [-0.25, -0.2) is 0 Å². The highest BCUT2D eigenvalue weighted by Gasteiger charge is 2.17. The van der Waals surface area contributed by atoms with Gasteiger partial charge in [0, 0.05) is 12.3 Å². The summed E-state index contributed by atoms with van der Waals surface area (Å²) in [6.07, 6.45) is 1.72. The molecular weight excluding hydrogens is 230 g/mol. The Kier molecular flexibility index (Phi) is 5.50. The van der Waals surface area contributed by atoms with E-state index in [-0.39, 0.29) is 6.04 Å². The summed E-state index contributed by atoms with van der Waals surface area (Å²) in [6.45, 7) is 5.10. The SMILES string of the molecule is CCSCC(NC)c1c(Cl)cnn1CC. The van der Waals surface area contributed by atoms with E-state index in [2.05, 4.69) is 24.3 Å². The van der Waals surface area contributed by atoms with E-state index in [1.54, 1.807) is 6.20 Å². The van der Waals surface area contributed by atoms with Crippen LogP contribution >= 0.6 is 23.4 Å². The number of thioether (sulfide) groups is 1. The number of nitrogens with one attached hydrogen (secondary N) is 1. The van der Waals surface area contributed by atoms with Crippen LogP contribution in [0.1, 0.15) is 25.6 Å². The fraction of sp³-hybridized carbons (Fsp3) is 0.700. The number of rotatable bonds is 6. The molecule has 0 fully saturated rings. The van der Waals surface area contributed by atoms with Gasteiger partial charge in [0.25, 0.3) is 0 Å². The van der Waals surface area contributed by atoms with E-state index < -0.39 is 0 Å². The molecule has 0 aromatic carbocycles. The molecule has 1 N–H and O–H groups in total. The van der Waals surface area contributed by atoms with Crippen molar-refractivity contribution < 1.29 is 0 Å². The summed E-state index contributed by atoms with van der Waals surface area (Å²) in [7, 11) is 1.96. The second kappa shape index (κ2) is 6.40. The van der Waals surface area contributed by atoms with Crippen molar-refractivity contribution in [2.75, 3.05) is 18.6 Å². The molecule has 0 aliphatic rings. The van der Waals surface area contributed by atoms with Crippen LogP contribution in [0.2, 0.25) is 5.02 Å². The molecule has 15 heavy (non-hydrogen) atoms. The van der Waals surface area contributed by atoms with Crippen LogP contribution in [0.3, 0.4) is 0 Å². The number of hydrogen-bond acceptors (Lipinski definition) is 3. The lowest BCUT2D eigenvalue weighted by molar-refractivity contribution is 0.549. The molecule has 1 aromatic heterocycles. The summed E-state index contributed by atoms with van der Waals surface area (Å²) in [4.78, 5) is 0. The van der Waals surface area contributed by atoms with Crippen molar-refractivity contribution in [1.82, 2.24) is 15.1 Å². The normalized spacial score (nSPS) is 13.1. The third-order valence-corrected chi connectivity index (χ3v) is 3.57. The third-order valence-electron chi connectivity index (χ3n) is 2.30. The number of halogens is 1. The first-order valence-corrected chi connectivity index (χ1v) is 6.74. The first-order chi connectivity index (χ1) is 7.24. The maximum atomic E-state index is 6.14. The fourth-order valence-corrected chi connectivity index (χ4v) is 2.57. The fourth-order valence-electron chi connectivity index (χ4n) is 1.51. The van der Waals surface area contributed by atoms with Crippen LogP contribution in [0.4, 0.5) is 0 Å². The molecule has 0 spiro atoms. The Morgan fingerprint density at radius 3 is 2.87 bits per heavy atom. The standard InChI is InChI=1S/C10H18ClN3S/c1-4-14-10(8(11)6-13-14)9(12-3)7-15-5-2/h6,9,12H,4-5,7H2,1-3H3. The Labute approximate surface area is 101 Å². The molecule has 1 heterocycles. The van der Waals surface area contributed by atoms with Gasteiger partial charge in [-0.15, -0.1) is 0 Å². The van der Waals surface area contributed by atoms with E-state index in [1.807, 2.05) is 23.5 Å². The molecule has 5 heteroatoms. The van der Waals surface area contributed by atoms with Gasteiger partial charge in [-0.1, -0.05) is 18.5 Å². The second-order valence-electron chi connectivity index (χ2n) is 3.19. The van der Waals surface area contributed by atoms with Crippen molar-refractivity contribution in [2.24, 2.45) is 0 Å². The van der Waals surface area contributed by atoms with Crippen LogP contribution in [0, 0.1) is 0 Å². The summed E-state index contributed by atoms with van der Waals surface area (Å²) in [5.74, 6) is 2.15. The van der Waals surface area contributed by atoms with Gasteiger partial charge >= 0.3 is 0 Å². The third kappa shape index (κ3) is 3.13. The Bertz CT molecular complexity index is 301. The van der Waals surface area contributed by atoms with E-state index in [0.29, 0.717) is 0 Å². The van der Waals surface area contributed by atoms with Gasteiger partial charge in [0.05, 0.1) is 23.0 Å². The Morgan fingerprint density at radius 1 is 1.60 bits per heavy atom. The Balaban J connectivity index is 2.84. The van der Waals surface area contributed by atoms with E-state index >= 15 is 0 Å². The van der Waals surface area contributed by atoms with Crippen LogP contribution in [0.5, 0.6) is 0 Å². The van der Waals surface area contributed by atoms with Crippen molar-refractivity contribution in [3.05, 3.63) is 16.9 Å². The minimum absolute atomic E-state index is 0.282. The zero-order valence-electron chi connectivity index (χ0n) is 9.46. The molecule has 1 unspecified atom stereocenters. The molecule has 1 aromatic rings. The highest BCUT2D eigenvalue weighted by atomic mass is 35.5. The molecule has 86 valence electrons. The van der Waals surface area contributed by atoms with Crippen molar-refractivity contribution in [3.63, 3.8) is 0 Å². The second-order valence-corrected chi connectivity index (χ2v) is 4.92. The first kappa shape index (κ1) is 12.9. The van der Waals surface area contributed by atoms with Gasteiger partial charge in [0.1, 0.15) is 0 Å². The molecule has 3 nitrogen and oxygen atoms in total.